The Morgan fingerprint density at radius 2 is 2.07 bits per heavy atom. The highest BCUT2D eigenvalue weighted by atomic mass is 19.1. The van der Waals surface area contributed by atoms with E-state index in [0.717, 1.165) is 37.9 Å². The van der Waals surface area contributed by atoms with Crippen molar-refractivity contribution in [1.29, 1.82) is 5.26 Å². The summed E-state index contributed by atoms with van der Waals surface area (Å²) < 4.78 is 16.2. The van der Waals surface area contributed by atoms with E-state index >= 15 is 4.39 Å². The molecule has 6 rings (SSSR count). The second kappa shape index (κ2) is 12.2. The molecule has 0 spiro atoms. The molecule has 4 saturated heterocycles. The molecule has 12 nitrogen and oxygen atoms in total. The molecule has 0 aromatic heterocycles. The SMILES string of the molecule is C=CC(=O)N1CC(C)N(C2NC(=O)N3C4NC(C(F)CC24)N2C=C(CCCC4CCNC(C(C)C)C43)NN2)CC1CC#N. The van der Waals surface area contributed by atoms with E-state index in [1.807, 2.05) is 18.0 Å². The first-order valence-corrected chi connectivity index (χ1v) is 16.0. The largest absolute Gasteiger partial charge is 0.332 e. The lowest BCUT2D eigenvalue weighted by atomic mass is 9.76. The zero-order valence-corrected chi connectivity index (χ0v) is 25.5. The fourth-order valence-electron chi connectivity index (χ4n) is 8.53. The number of piperidine rings is 2. The molecule has 10 unspecified atom stereocenters. The third kappa shape index (κ3) is 5.47. The molecule has 0 aromatic carbocycles. The van der Waals surface area contributed by atoms with Crippen LogP contribution in [-0.4, -0.2) is 100 Å². The zero-order chi connectivity index (χ0) is 30.4. The molecule has 0 radical (unpaired) electrons. The Hall–Kier alpha value is -2.92. The van der Waals surface area contributed by atoms with Crippen LogP contribution in [0.5, 0.6) is 0 Å². The lowest BCUT2D eigenvalue weighted by molar-refractivity contribution is -0.137. The van der Waals surface area contributed by atoms with Crippen LogP contribution in [0.2, 0.25) is 0 Å². The van der Waals surface area contributed by atoms with Gasteiger partial charge in [-0.15, -0.1) is 5.53 Å². The molecule has 5 N–H and O–H groups in total. The Morgan fingerprint density at radius 1 is 1.26 bits per heavy atom. The summed E-state index contributed by atoms with van der Waals surface area (Å²) >= 11 is 0. The molecule has 0 aromatic rings. The van der Waals surface area contributed by atoms with Crippen LogP contribution in [0, 0.1) is 29.1 Å². The van der Waals surface area contributed by atoms with Gasteiger partial charge in [-0.2, -0.15) is 5.26 Å². The monoisotopic (exact) mass is 598 g/mol. The topological polar surface area (TPSA) is 131 Å². The predicted molar refractivity (Wildman–Crippen MR) is 159 cm³/mol. The van der Waals surface area contributed by atoms with E-state index in [1.54, 1.807) is 9.91 Å². The second-order valence-electron chi connectivity index (χ2n) is 13.5. The molecular formula is C30H47FN10O2. The van der Waals surface area contributed by atoms with E-state index in [0.29, 0.717) is 24.9 Å². The van der Waals surface area contributed by atoms with Crippen molar-refractivity contribution in [3.05, 3.63) is 24.6 Å². The number of nitrogens with one attached hydrogen (secondary N) is 5. The summed E-state index contributed by atoms with van der Waals surface area (Å²) in [5.41, 5.74) is 7.41. The first-order valence-electron chi connectivity index (χ1n) is 16.0. The first kappa shape index (κ1) is 30.1. The van der Waals surface area contributed by atoms with E-state index in [9.17, 15) is 14.9 Å². The van der Waals surface area contributed by atoms with Crippen LogP contribution in [0.15, 0.2) is 24.6 Å². The number of fused-ring (bicyclic) bond motifs is 5. The average Bonchev–Trinajstić information content (AvgIpc) is 3.45. The Balaban J connectivity index is 1.37. The van der Waals surface area contributed by atoms with Crippen molar-refractivity contribution in [2.75, 3.05) is 19.6 Å². The molecule has 3 amide bonds. The van der Waals surface area contributed by atoms with Crippen molar-refractivity contribution in [3.63, 3.8) is 0 Å². The van der Waals surface area contributed by atoms with Gasteiger partial charge in [-0.05, 0) is 63.5 Å². The second-order valence-corrected chi connectivity index (χ2v) is 13.5. The molecule has 10 atom stereocenters. The summed E-state index contributed by atoms with van der Waals surface area (Å²) in [4.78, 5) is 33.0. The van der Waals surface area contributed by atoms with Crippen LogP contribution in [0.3, 0.4) is 0 Å². The van der Waals surface area contributed by atoms with E-state index in [1.165, 1.54) is 6.08 Å². The van der Waals surface area contributed by atoms with E-state index in [2.05, 4.69) is 58.3 Å². The quantitative estimate of drug-likeness (QED) is 0.304. The first-order chi connectivity index (χ1) is 20.7. The number of rotatable bonds is 4. The number of nitriles is 1. The molecular weight excluding hydrogens is 551 g/mol. The number of nitrogens with zero attached hydrogens (tertiary/aromatic N) is 5. The molecule has 4 fully saturated rings. The van der Waals surface area contributed by atoms with Gasteiger partial charge in [0.2, 0.25) is 5.91 Å². The maximum absolute atomic E-state index is 16.2. The van der Waals surface area contributed by atoms with Gasteiger partial charge in [-0.3, -0.25) is 20.0 Å². The number of amides is 3. The lowest BCUT2D eigenvalue weighted by Gasteiger charge is -2.60. The summed E-state index contributed by atoms with van der Waals surface area (Å²) in [6.45, 7) is 11.8. The van der Waals surface area contributed by atoms with Gasteiger partial charge >= 0.3 is 6.03 Å². The minimum Gasteiger partial charge on any atom is -0.332 e. The molecule has 6 aliphatic rings. The third-order valence-corrected chi connectivity index (χ3v) is 10.6. The van der Waals surface area contributed by atoms with Crippen LogP contribution in [-0.2, 0) is 4.79 Å². The smallest absolute Gasteiger partial charge is 0.320 e. The Kier molecular flexibility index (Phi) is 8.56. The standard InChI is InChI=1S/C30H47FN10O2/c1-5-24(42)39-14-18(4)38(16-21(39)9-11-32)27-22-13-23(31)29-34-28(22)41(30(43)35-27)26-19(10-12-33-25(26)17(2)3)7-6-8-20-15-40(29)37-36-20/h5,15,17-19,21-23,25-29,33-34,36-37H,1,6-10,12-14,16H2,2-4H3,(H,35,43). The summed E-state index contributed by atoms with van der Waals surface area (Å²) in [5, 5.41) is 22.0. The van der Waals surface area contributed by atoms with Gasteiger partial charge in [-0.25, -0.2) is 9.18 Å². The Labute approximate surface area is 254 Å². The van der Waals surface area contributed by atoms with Gasteiger partial charge in [0.15, 0.2) is 0 Å². The predicted octanol–water partition coefficient (Wildman–Crippen LogP) is 1.29. The molecule has 0 saturated carbocycles. The van der Waals surface area contributed by atoms with Crippen LogP contribution >= 0.6 is 0 Å². The molecule has 0 aliphatic carbocycles. The summed E-state index contributed by atoms with van der Waals surface area (Å²) in [6.07, 6.45) is 4.78. The number of alkyl halides is 1. The third-order valence-electron chi connectivity index (χ3n) is 10.6. The summed E-state index contributed by atoms with van der Waals surface area (Å²) in [5.74, 6) is 0.169. The average molecular weight is 599 g/mol. The molecule has 13 heteroatoms. The minimum atomic E-state index is -1.21. The van der Waals surface area contributed by atoms with Crippen molar-refractivity contribution in [2.24, 2.45) is 17.8 Å². The number of carbonyl (C=O) groups is 2. The normalized spacial score (nSPS) is 39.9. The zero-order valence-electron chi connectivity index (χ0n) is 25.5. The maximum Gasteiger partial charge on any atom is 0.320 e. The highest BCUT2D eigenvalue weighted by Crippen LogP contribution is 2.40. The highest BCUT2D eigenvalue weighted by Gasteiger charge is 2.56. The molecule has 43 heavy (non-hydrogen) atoms. The van der Waals surface area contributed by atoms with Crippen LogP contribution in [0.1, 0.15) is 59.3 Å². The number of hydrazine groups is 2. The van der Waals surface area contributed by atoms with Gasteiger partial charge in [0.05, 0.1) is 36.9 Å². The summed E-state index contributed by atoms with van der Waals surface area (Å²) in [6, 6.07) is 1.70. The maximum atomic E-state index is 16.2. The van der Waals surface area contributed by atoms with Gasteiger partial charge in [0.1, 0.15) is 12.3 Å². The van der Waals surface area contributed by atoms with Crippen LogP contribution in [0.25, 0.3) is 0 Å². The molecule has 236 valence electrons. The van der Waals surface area contributed by atoms with Gasteiger partial charge < -0.3 is 25.9 Å². The molecule has 6 heterocycles. The van der Waals surface area contributed by atoms with Crippen molar-refractivity contribution < 1.29 is 14.0 Å². The van der Waals surface area contributed by atoms with Crippen molar-refractivity contribution in [2.45, 2.75) is 108 Å². The number of piperazine rings is 1. The van der Waals surface area contributed by atoms with Crippen molar-refractivity contribution >= 4 is 11.9 Å². The van der Waals surface area contributed by atoms with Crippen molar-refractivity contribution in [3.8, 4) is 6.07 Å². The van der Waals surface area contributed by atoms with E-state index in [4.69, 9.17) is 0 Å². The number of urea groups is 1. The van der Waals surface area contributed by atoms with Crippen LogP contribution in [0.4, 0.5) is 9.18 Å². The number of hydrogen-bond acceptors (Lipinski definition) is 9. The summed E-state index contributed by atoms with van der Waals surface area (Å²) in [7, 11) is 0. The Morgan fingerprint density at radius 3 is 2.81 bits per heavy atom. The fraction of sp³-hybridized carbons (Fsp3) is 0.767. The highest BCUT2D eigenvalue weighted by molar-refractivity contribution is 5.87. The number of hydrogen-bond donors (Lipinski definition) is 5. The van der Waals surface area contributed by atoms with Gasteiger partial charge in [0, 0.05) is 43.0 Å². The molecule has 6 aliphatic heterocycles. The van der Waals surface area contributed by atoms with Gasteiger partial charge in [-0.1, -0.05) is 20.4 Å². The van der Waals surface area contributed by atoms with E-state index < -0.39 is 24.7 Å². The minimum absolute atomic E-state index is 0.0423. The fourth-order valence-corrected chi connectivity index (χ4v) is 8.53. The number of allylic oxidation sites excluding steroid dienone is 1. The Bertz CT molecular complexity index is 1160. The van der Waals surface area contributed by atoms with Crippen LogP contribution < -0.4 is 26.9 Å². The number of carbonyl (C=O) groups excluding carboxylic acids is 2. The van der Waals surface area contributed by atoms with Crippen molar-refractivity contribution in [1.82, 2.24) is 46.6 Å². The lowest BCUT2D eigenvalue weighted by Crippen LogP contribution is -2.80. The number of halogens is 1. The van der Waals surface area contributed by atoms with E-state index in [-0.39, 0.29) is 54.9 Å². The van der Waals surface area contributed by atoms with Gasteiger partial charge in [0.25, 0.3) is 0 Å². The molecule has 4 bridgehead atoms.